The zero-order valence-electron chi connectivity index (χ0n) is 9.86. The second kappa shape index (κ2) is 5.26. The number of nitrogens with two attached hydrogens (primary N) is 1. The van der Waals surface area contributed by atoms with Gasteiger partial charge in [0, 0.05) is 27.0 Å². The Kier molecular flexibility index (Phi) is 4.03. The van der Waals surface area contributed by atoms with Crippen molar-refractivity contribution in [2.24, 2.45) is 5.73 Å². The molecule has 3 nitrogen and oxygen atoms in total. The van der Waals surface area contributed by atoms with E-state index in [1.54, 1.807) is 6.92 Å². The third kappa shape index (κ3) is 3.18. The first-order valence-corrected chi connectivity index (χ1v) is 7.07. The average molecular weight is 354 g/mol. The van der Waals surface area contributed by atoms with Gasteiger partial charge in [-0.3, -0.25) is 4.68 Å². The summed E-state index contributed by atoms with van der Waals surface area (Å²) in [6.45, 7) is 1.74. The fraction of sp³-hybridized carbons (Fsp3) is 0.364. The lowest BCUT2D eigenvalue weighted by Gasteiger charge is -2.20. The fourth-order valence-corrected chi connectivity index (χ4v) is 3.40. The van der Waals surface area contributed by atoms with Crippen molar-refractivity contribution < 1.29 is 13.2 Å². The Bertz CT molecular complexity index is 562. The first-order valence-electron chi connectivity index (χ1n) is 5.40. The van der Waals surface area contributed by atoms with Crippen molar-refractivity contribution in [1.29, 1.82) is 0 Å². The molecule has 2 unspecified atom stereocenters. The quantitative estimate of drug-likeness (QED) is 0.914. The number of aromatic nitrogens is 2. The minimum absolute atomic E-state index is 0.355. The Morgan fingerprint density at radius 1 is 1.47 bits per heavy atom. The summed E-state index contributed by atoms with van der Waals surface area (Å²) >= 11 is 4.75. The van der Waals surface area contributed by atoms with Crippen LogP contribution >= 0.6 is 27.3 Å². The van der Waals surface area contributed by atoms with Gasteiger partial charge in [-0.2, -0.15) is 18.3 Å². The van der Waals surface area contributed by atoms with Gasteiger partial charge in [0.15, 0.2) is 0 Å². The summed E-state index contributed by atoms with van der Waals surface area (Å²) in [6.07, 6.45) is -2.59. The van der Waals surface area contributed by atoms with Crippen molar-refractivity contribution in [2.45, 2.75) is 25.2 Å². The summed E-state index contributed by atoms with van der Waals surface area (Å²) in [5, 5.41) is 5.66. The van der Waals surface area contributed by atoms with Crippen LogP contribution in [0, 0.1) is 0 Å². The van der Waals surface area contributed by atoms with E-state index in [9.17, 15) is 13.2 Å². The number of alkyl halides is 3. The molecule has 0 aliphatic heterocycles. The highest BCUT2D eigenvalue weighted by molar-refractivity contribution is 9.10. The normalized spacial score (nSPS) is 15.5. The van der Waals surface area contributed by atoms with Crippen LogP contribution in [0.25, 0.3) is 0 Å². The summed E-state index contributed by atoms with van der Waals surface area (Å²) in [5.74, 6) is 0. The van der Waals surface area contributed by atoms with E-state index >= 15 is 0 Å². The van der Waals surface area contributed by atoms with E-state index in [2.05, 4.69) is 21.0 Å². The molecule has 0 bridgehead atoms. The highest BCUT2D eigenvalue weighted by atomic mass is 79.9. The summed E-state index contributed by atoms with van der Waals surface area (Å²) in [4.78, 5) is 0.860. The van der Waals surface area contributed by atoms with Gasteiger partial charge in [-0.1, -0.05) is 0 Å². The molecule has 0 saturated carbocycles. The van der Waals surface area contributed by atoms with Crippen molar-refractivity contribution in [1.82, 2.24) is 9.78 Å². The molecule has 0 saturated heterocycles. The Morgan fingerprint density at radius 2 is 2.16 bits per heavy atom. The largest absolute Gasteiger partial charge is 0.419 e. The molecule has 2 heterocycles. The molecule has 2 aromatic rings. The molecule has 0 fully saturated rings. The van der Waals surface area contributed by atoms with Crippen LogP contribution in [0.3, 0.4) is 0 Å². The molecule has 19 heavy (non-hydrogen) atoms. The van der Waals surface area contributed by atoms with Crippen molar-refractivity contribution in [3.63, 3.8) is 0 Å². The topological polar surface area (TPSA) is 43.8 Å². The van der Waals surface area contributed by atoms with Gasteiger partial charge in [0.05, 0.1) is 11.8 Å². The van der Waals surface area contributed by atoms with Crippen molar-refractivity contribution in [2.75, 3.05) is 0 Å². The molecule has 2 aromatic heterocycles. The van der Waals surface area contributed by atoms with E-state index in [1.807, 2.05) is 11.4 Å². The van der Waals surface area contributed by atoms with Crippen molar-refractivity contribution in [3.05, 3.63) is 38.8 Å². The number of halogens is 4. The van der Waals surface area contributed by atoms with Gasteiger partial charge in [0.25, 0.3) is 0 Å². The molecular formula is C11H11BrF3N3S. The SMILES string of the molecule is CC(N)C(c1cc(Br)cs1)n1cc(C(F)(F)F)cn1. The van der Waals surface area contributed by atoms with Crippen LogP contribution in [0.1, 0.15) is 23.4 Å². The van der Waals surface area contributed by atoms with Gasteiger partial charge in [-0.15, -0.1) is 11.3 Å². The average Bonchev–Trinajstić information content (AvgIpc) is 2.87. The summed E-state index contributed by atoms with van der Waals surface area (Å²) < 4.78 is 39.9. The van der Waals surface area contributed by atoms with E-state index in [-0.39, 0.29) is 6.04 Å². The zero-order valence-corrected chi connectivity index (χ0v) is 12.3. The lowest BCUT2D eigenvalue weighted by molar-refractivity contribution is -0.137. The molecule has 0 aliphatic rings. The van der Waals surface area contributed by atoms with Gasteiger partial charge in [-0.05, 0) is 28.9 Å². The predicted molar refractivity (Wildman–Crippen MR) is 71.0 cm³/mol. The van der Waals surface area contributed by atoms with Crippen LogP contribution in [0.5, 0.6) is 0 Å². The lowest BCUT2D eigenvalue weighted by atomic mass is 10.1. The number of thiophene rings is 1. The van der Waals surface area contributed by atoms with E-state index in [0.29, 0.717) is 0 Å². The van der Waals surface area contributed by atoms with Crippen LogP contribution in [-0.2, 0) is 6.18 Å². The molecule has 2 atom stereocenters. The number of hydrogen-bond donors (Lipinski definition) is 1. The maximum absolute atomic E-state index is 12.6. The smallest absolute Gasteiger partial charge is 0.326 e. The van der Waals surface area contributed by atoms with Crippen LogP contribution in [0.2, 0.25) is 0 Å². The Hall–Kier alpha value is -0.860. The molecule has 8 heteroatoms. The van der Waals surface area contributed by atoms with Gasteiger partial charge >= 0.3 is 6.18 Å². The lowest BCUT2D eigenvalue weighted by Crippen LogP contribution is -2.30. The van der Waals surface area contributed by atoms with Crippen LogP contribution in [0.15, 0.2) is 28.3 Å². The van der Waals surface area contributed by atoms with Crippen LogP contribution in [-0.4, -0.2) is 15.8 Å². The first-order chi connectivity index (χ1) is 8.79. The number of rotatable bonds is 3. The highest BCUT2D eigenvalue weighted by Gasteiger charge is 2.33. The third-order valence-electron chi connectivity index (χ3n) is 2.59. The van der Waals surface area contributed by atoms with Gasteiger partial charge < -0.3 is 5.73 Å². The van der Waals surface area contributed by atoms with Crippen molar-refractivity contribution in [3.8, 4) is 0 Å². The molecule has 0 spiro atoms. The monoisotopic (exact) mass is 353 g/mol. The minimum Gasteiger partial charge on any atom is -0.326 e. The molecule has 0 radical (unpaired) electrons. The standard InChI is InChI=1S/C11H11BrF3N3S/c1-6(16)10(9-2-8(12)5-19-9)18-4-7(3-17-18)11(13,14)15/h2-6,10H,16H2,1H3. The minimum atomic E-state index is -4.39. The predicted octanol–water partition coefficient (Wildman–Crippen LogP) is 3.66. The Labute approximate surface area is 120 Å². The Balaban J connectivity index is 2.38. The number of nitrogens with zero attached hydrogens (tertiary/aromatic N) is 2. The summed E-state index contributed by atoms with van der Waals surface area (Å²) in [6, 6.07) is 1.08. The van der Waals surface area contributed by atoms with Gasteiger partial charge in [-0.25, -0.2) is 0 Å². The molecule has 2 rings (SSSR count). The summed E-state index contributed by atoms with van der Waals surface area (Å²) in [7, 11) is 0. The second-order valence-corrected chi connectivity index (χ2v) is 6.04. The van der Waals surface area contributed by atoms with Gasteiger partial charge in [0.2, 0.25) is 0 Å². The second-order valence-electron chi connectivity index (χ2n) is 4.18. The van der Waals surface area contributed by atoms with Crippen LogP contribution < -0.4 is 5.73 Å². The maximum atomic E-state index is 12.6. The molecule has 0 aromatic carbocycles. The van der Waals surface area contributed by atoms with E-state index in [4.69, 9.17) is 5.73 Å². The number of hydrogen-bond acceptors (Lipinski definition) is 3. The molecular weight excluding hydrogens is 343 g/mol. The zero-order chi connectivity index (χ0) is 14.2. The van der Waals surface area contributed by atoms with Crippen LogP contribution in [0.4, 0.5) is 13.2 Å². The Morgan fingerprint density at radius 3 is 2.58 bits per heavy atom. The van der Waals surface area contributed by atoms with E-state index < -0.39 is 17.8 Å². The molecule has 0 aliphatic carbocycles. The van der Waals surface area contributed by atoms with Crippen molar-refractivity contribution >= 4 is 27.3 Å². The third-order valence-corrected chi connectivity index (χ3v) is 4.36. The highest BCUT2D eigenvalue weighted by Crippen LogP contribution is 2.33. The molecule has 0 amide bonds. The van der Waals surface area contributed by atoms with Gasteiger partial charge in [0.1, 0.15) is 6.04 Å². The summed E-state index contributed by atoms with van der Waals surface area (Å²) in [5.41, 5.74) is 5.11. The first kappa shape index (κ1) is 14.5. The molecule has 2 N–H and O–H groups in total. The fourth-order valence-electron chi connectivity index (χ4n) is 1.75. The van der Waals surface area contributed by atoms with E-state index in [1.165, 1.54) is 16.0 Å². The maximum Gasteiger partial charge on any atom is 0.419 e. The molecule has 104 valence electrons. The van der Waals surface area contributed by atoms with E-state index in [0.717, 1.165) is 21.7 Å².